The van der Waals surface area contributed by atoms with E-state index in [-0.39, 0.29) is 6.10 Å². The van der Waals surface area contributed by atoms with Crippen LogP contribution in [-0.2, 0) is 6.54 Å². The molecule has 1 aromatic carbocycles. The Balaban J connectivity index is 1.60. The van der Waals surface area contributed by atoms with Gasteiger partial charge in [-0.2, -0.15) is 4.98 Å². The Kier molecular flexibility index (Phi) is 3.97. The first-order valence-electron chi connectivity index (χ1n) is 8.05. The van der Waals surface area contributed by atoms with Crippen LogP contribution in [0.2, 0.25) is 0 Å². The molecule has 1 aliphatic heterocycles. The maximum absolute atomic E-state index is 5.90. The SMILES string of the molecule is COc1ccc2c(c1)N(Cc1nc(-c3cccnc3)no1)C[C@H](C)O2. The number of pyridine rings is 1. The van der Waals surface area contributed by atoms with Gasteiger partial charge < -0.3 is 18.9 Å². The van der Waals surface area contributed by atoms with E-state index >= 15 is 0 Å². The fraction of sp³-hybridized carbons (Fsp3) is 0.278. The van der Waals surface area contributed by atoms with Crippen LogP contribution in [0.25, 0.3) is 11.4 Å². The molecule has 3 heterocycles. The maximum atomic E-state index is 5.90. The lowest BCUT2D eigenvalue weighted by molar-refractivity contribution is 0.209. The quantitative estimate of drug-likeness (QED) is 0.724. The fourth-order valence-electron chi connectivity index (χ4n) is 2.88. The summed E-state index contributed by atoms with van der Waals surface area (Å²) in [5.74, 6) is 2.69. The highest BCUT2D eigenvalue weighted by Gasteiger charge is 2.25. The Bertz CT molecular complexity index is 866. The average molecular weight is 338 g/mol. The zero-order chi connectivity index (χ0) is 17.2. The molecule has 0 N–H and O–H groups in total. The molecule has 0 saturated carbocycles. The van der Waals surface area contributed by atoms with Crippen molar-refractivity contribution in [2.75, 3.05) is 18.6 Å². The van der Waals surface area contributed by atoms with Gasteiger partial charge in [-0.15, -0.1) is 0 Å². The number of rotatable bonds is 4. The van der Waals surface area contributed by atoms with Crippen LogP contribution < -0.4 is 14.4 Å². The van der Waals surface area contributed by atoms with Crippen LogP contribution in [0.15, 0.2) is 47.2 Å². The largest absolute Gasteiger partial charge is 0.497 e. The normalized spacial score (nSPS) is 16.2. The van der Waals surface area contributed by atoms with Crippen LogP contribution in [0.1, 0.15) is 12.8 Å². The third-order valence-electron chi connectivity index (χ3n) is 4.03. The second-order valence-corrected chi connectivity index (χ2v) is 5.90. The lowest BCUT2D eigenvalue weighted by Crippen LogP contribution is -2.38. The first-order valence-corrected chi connectivity index (χ1v) is 8.05. The Labute approximate surface area is 145 Å². The van der Waals surface area contributed by atoms with Gasteiger partial charge in [0, 0.05) is 24.0 Å². The molecule has 0 radical (unpaired) electrons. The Hall–Kier alpha value is -3.09. The molecule has 7 nitrogen and oxygen atoms in total. The van der Waals surface area contributed by atoms with Crippen molar-refractivity contribution in [3.63, 3.8) is 0 Å². The number of hydrogen-bond acceptors (Lipinski definition) is 7. The Morgan fingerprint density at radius 1 is 1.32 bits per heavy atom. The monoisotopic (exact) mass is 338 g/mol. The lowest BCUT2D eigenvalue weighted by Gasteiger charge is -2.34. The first kappa shape index (κ1) is 15.4. The molecule has 1 atom stereocenters. The number of methoxy groups -OCH3 is 1. The van der Waals surface area contributed by atoms with E-state index < -0.39 is 0 Å². The fourth-order valence-corrected chi connectivity index (χ4v) is 2.88. The topological polar surface area (TPSA) is 73.5 Å². The smallest absolute Gasteiger partial charge is 0.246 e. The molecule has 0 spiro atoms. The highest BCUT2D eigenvalue weighted by atomic mass is 16.5. The van der Waals surface area contributed by atoms with Gasteiger partial charge in [0.25, 0.3) is 0 Å². The Morgan fingerprint density at radius 3 is 3.04 bits per heavy atom. The van der Waals surface area contributed by atoms with Gasteiger partial charge in [0.1, 0.15) is 17.6 Å². The minimum absolute atomic E-state index is 0.0709. The van der Waals surface area contributed by atoms with E-state index in [2.05, 4.69) is 20.0 Å². The second-order valence-electron chi connectivity index (χ2n) is 5.90. The standard InChI is InChI=1S/C18H18N4O3/c1-12-10-22(15-8-14(23-2)5-6-16(15)24-12)11-17-20-18(21-25-17)13-4-3-7-19-9-13/h3-9,12H,10-11H2,1-2H3/t12-/m0/s1. The van der Waals surface area contributed by atoms with Crippen molar-refractivity contribution in [1.82, 2.24) is 15.1 Å². The van der Waals surface area contributed by atoms with Crippen molar-refractivity contribution in [2.45, 2.75) is 19.6 Å². The summed E-state index contributed by atoms with van der Waals surface area (Å²) in [6, 6.07) is 9.52. The van der Waals surface area contributed by atoms with E-state index in [0.717, 1.165) is 29.3 Å². The summed E-state index contributed by atoms with van der Waals surface area (Å²) in [4.78, 5) is 10.7. The van der Waals surface area contributed by atoms with Crippen LogP contribution in [0.5, 0.6) is 11.5 Å². The molecule has 7 heteroatoms. The van der Waals surface area contributed by atoms with Crippen molar-refractivity contribution < 1.29 is 14.0 Å². The summed E-state index contributed by atoms with van der Waals surface area (Å²) < 4.78 is 16.7. The molecule has 3 aromatic rings. The number of nitrogens with zero attached hydrogens (tertiary/aromatic N) is 4. The zero-order valence-electron chi connectivity index (χ0n) is 14.0. The number of fused-ring (bicyclic) bond motifs is 1. The van der Waals surface area contributed by atoms with E-state index in [0.29, 0.717) is 18.3 Å². The summed E-state index contributed by atoms with van der Waals surface area (Å²) in [7, 11) is 1.65. The van der Waals surface area contributed by atoms with Crippen molar-refractivity contribution >= 4 is 5.69 Å². The van der Waals surface area contributed by atoms with Gasteiger partial charge in [0.15, 0.2) is 0 Å². The molecular formula is C18H18N4O3. The van der Waals surface area contributed by atoms with E-state index in [1.165, 1.54) is 0 Å². The van der Waals surface area contributed by atoms with Gasteiger partial charge in [-0.1, -0.05) is 5.16 Å². The highest BCUT2D eigenvalue weighted by molar-refractivity contribution is 5.63. The molecule has 25 heavy (non-hydrogen) atoms. The molecule has 0 saturated heterocycles. The van der Waals surface area contributed by atoms with Crippen LogP contribution in [0.3, 0.4) is 0 Å². The summed E-state index contributed by atoms with van der Waals surface area (Å²) in [6.07, 6.45) is 3.50. The minimum Gasteiger partial charge on any atom is -0.497 e. The second kappa shape index (κ2) is 6.43. The molecule has 0 fully saturated rings. The molecule has 0 amide bonds. The van der Waals surface area contributed by atoms with Gasteiger partial charge in [-0.05, 0) is 31.2 Å². The molecule has 2 aromatic heterocycles. The molecule has 0 bridgehead atoms. The molecule has 4 rings (SSSR count). The van der Waals surface area contributed by atoms with Crippen molar-refractivity contribution in [3.8, 4) is 22.9 Å². The third-order valence-corrected chi connectivity index (χ3v) is 4.03. The third kappa shape index (κ3) is 3.13. The van der Waals surface area contributed by atoms with Gasteiger partial charge in [0.05, 0.1) is 25.9 Å². The van der Waals surface area contributed by atoms with Gasteiger partial charge >= 0.3 is 0 Å². The van der Waals surface area contributed by atoms with Gasteiger partial charge in [-0.3, -0.25) is 4.98 Å². The van der Waals surface area contributed by atoms with Crippen molar-refractivity contribution in [3.05, 3.63) is 48.6 Å². The molecule has 0 unspecified atom stereocenters. The maximum Gasteiger partial charge on any atom is 0.246 e. The molecule has 1 aliphatic rings. The first-order chi connectivity index (χ1) is 12.2. The predicted molar refractivity (Wildman–Crippen MR) is 91.7 cm³/mol. The predicted octanol–water partition coefficient (Wildman–Crippen LogP) is 2.93. The lowest BCUT2D eigenvalue weighted by atomic mass is 10.2. The molecule has 128 valence electrons. The minimum atomic E-state index is 0.0709. The van der Waals surface area contributed by atoms with Crippen LogP contribution in [-0.4, -0.2) is 34.9 Å². The van der Waals surface area contributed by atoms with E-state index in [1.54, 1.807) is 19.5 Å². The van der Waals surface area contributed by atoms with Crippen molar-refractivity contribution in [2.24, 2.45) is 0 Å². The van der Waals surface area contributed by atoms with Crippen LogP contribution >= 0.6 is 0 Å². The number of benzene rings is 1. The summed E-state index contributed by atoms with van der Waals surface area (Å²) in [6.45, 7) is 3.26. The number of anilines is 1. The zero-order valence-corrected chi connectivity index (χ0v) is 14.0. The van der Waals surface area contributed by atoms with Crippen molar-refractivity contribution in [1.29, 1.82) is 0 Å². The summed E-state index contributed by atoms with van der Waals surface area (Å²) in [5, 5.41) is 4.05. The number of ether oxygens (including phenoxy) is 2. The summed E-state index contributed by atoms with van der Waals surface area (Å²) in [5.41, 5.74) is 1.79. The number of aromatic nitrogens is 3. The number of hydrogen-bond donors (Lipinski definition) is 0. The van der Waals surface area contributed by atoms with Gasteiger partial charge in [0.2, 0.25) is 11.7 Å². The summed E-state index contributed by atoms with van der Waals surface area (Å²) >= 11 is 0. The molecular weight excluding hydrogens is 320 g/mol. The van der Waals surface area contributed by atoms with E-state index in [4.69, 9.17) is 14.0 Å². The van der Waals surface area contributed by atoms with Crippen LogP contribution in [0, 0.1) is 0 Å². The van der Waals surface area contributed by atoms with E-state index in [1.807, 2.05) is 37.3 Å². The van der Waals surface area contributed by atoms with Crippen LogP contribution in [0.4, 0.5) is 5.69 Å². The Morgan fingerprint density at radius 2 is 2.24 bits per heavy atom. The van der Waals surface area contributed by atoms with Gasteiger partial charge in [-0.25, -0.2) is 0 Å². The molecule has 0 aliphatic carbocycles. The van der Waals surface area contributed by atoms with E-state index in [9.17, 15) is 0 Å². The average Bonchev–Trinajstić information content (AvgIpc) is 3.10. The highest BCUT2D eigenvalue weighted by Crippen LogP contribution is 2.37.